The van der Waals surface area contributed by atoms with Crippen LogP contribution in [0.3, 0.4) is 0 Å². The summed E-state index contributed by atoms with van der Waals surface area (Å²) in [5.41, 5.74) is 5.40. The Morgan fingerprint density at radius 3 is 2.72 bits per heavy atom. The van der Waals surface area contributed by atoms with Crippen molar-refractivity contribution in [1.29, 1.82) is 0 Å². The van der Waals surface area contributed by atoms with Gasteiger partial charge in [0.2, 0.25) is 0 Å². The molecular formula is C11H20F3N3O. The number of nitrogens with two attached hydrogens (primary N) is 1. The third-order valence-corrected chi connectivity index (χ3v) is 3.26. The molecule has 1 heterocycles. The number of likely N-dealkylation sites (tertiary alicyclic amines) is 1. The van der Waals surface area contributed by atoms with Crippen LogP contribution in [-0.4, -0.2) is 61.2 Å². The molecule has 2 N–H and O–H groups in total. The number of amides is 1. The first kappa shape index (κ1) is 15.2. The van der Waals surface area contributed by atoms with Crippen LogP contribution in [0.2, 0.25) is 0 Å². The van der Waals surface area contributed by atoms with Gasteiger partial charge in [0.05, 0.1) is 0 Å². The van der Waals surface area contributed by atoms with E-state index in [9.17, 15) is 18.0 Å². The fourth-order valence-electron chi connectivity index (χ4n) is 2.20. The predicted octanol–water partition coefficient (Wildman–Crippen LogP) is 0.820. The summed E-state index contributed by atoms with van der Waals surface area (Å²) in [5.74, 6) is -1.72. The summed E-state index contributed by atoms with van der Waals surface area (Å²) in [4.78, 5) is 14.1. The van der Waals surface area contributed by atoms with E-state index >= 15 is 0 Å². The number of hydrogen-bond acceptors (Lipinski definition) is 3. The molecule has 1 amide bonds. The first-order chi connectivity index (χ1) is 8.36. The highest BCUT2D eigenvalue weighted by Crippen LogP contribution is 2.22. The van der Waals surface area contributed by atoms with Crippen LogP contribution >= 0.6 is 0 Å². The summed E-state index contributed by atoms with van der Waals surface area (Å²) in [6, 6.07) is -0.00315. The summed E-state index contributed by atoms with van der Waals surface area (Å²) in [7, 11) is 1.86. The van der Waals surface area contributed by atoms with Gasteiger partial charge in [0.1, 0.15) is 0 Å². The lowest BCUT2D eigenvalue weighted by molar-refractivity contribution is -0.187. The molecule has 0 aliphatic carbocycles. The fourth-order valence-corrected chi connectivity index (χ4v) is 2.20. The first-order valence-electron chi connectivity index (χ1n) is 6.12. The molecule has 1 saturated heterocycles. The molecule has 1 aliphatic rings. The van der Waals surface area contributed by atoms with E-state index in [4.69, 9.17) is 5.73 Å². The second-order valence-electron chi connectivity index (χ2n) is 4.67. The van der Waals surface area contributed by atoms with E-state index in [-0.39, 0.29) is 19.1 Å². The zero-order chi connectivity index (χ0) is 13.8. The normalized spacial score (nSPS) is 21.4. The lowest BCUT2D eigenvalue weighted by Gasteiger charge is -2.37. The summed E-state index contributed by atoms with van der Waals surface area (Å²) in [6.45, 7) is 1.65. The van der Waals surface area contributed by atoms with Crippen molar-refractivity contribution in [2.45, 2.75) is 31.5 Å². The molecule has 0 bridgehead atoms. The molecule has 1 fully saturated rings. The van der Waals surface area contributed by atoms with Crippen LogP contribution in [0.25, 0.3) is 0 Å². The topological polar surface area (TPSA) is 49.6 Å². The Morgan fingerprint density at radius 1 is 1.50 bits per heavy atom. The van der Waals surface area contributed by atoms with Crippen molar-refractivity contribution >= 4 is 5.91 Å². The maximum atomic E-state index is 12.3. The molecule has 1 unspecified atom stereocenters. The molecule has 7 heteroatoms. The number of halogens is 3. The zero-order valence-electron chi connectivity index (χ0n) is 10.5. The average molecular weight is 267 g/mol. The van der Waals surface area contributed by atoms with Crippen LogP contribution in [0.4, 0.5) is 13.2 Å². The Labute approximate surface area is 105 Å². The molecule has 0 spiro atoms. The third-order valence-electron chi connectivity index (χ3n) is 3.26. The smallest absolute Gasteiger partial charge is 0.333 e. The molecule has 0 radical (unpaired) electrons. The molecule has 1 aliphatic heterocycles. The SMILES string of the molecule is CN(CCCN)C1CCCN(C(=O)C(F)(F)F)C1. The lowest BCUT2D eigenvalue weighted by atomic mass is 10.0. The third kappa shape index (κ3) is 4.13. The molecule has 0 aromatic heterocycles. The minimum Gasteiger partial charge on any atom is -0.333 e. The van der Waals surface area contributed by atoms with E-state index in [2.05, 4.69) is 0 Å². The first-order valence-corrected chi connectivity index (χ1v) is 6.12. The van der Waals surface area contributed by atoms with Crippen LogP contribution in [0.1, 0.15) is 19.3 Å². The molecule has 1 atom stereocenters. The van der Waals surface area contributed by atoms with E-state index in [1.807, 2.05) is 11.9 Å². The maximum absolute atomic E-state index is 12.3. The van der Waals surface area contributed by atoms with Crippen molar-refractivity contribution in [1.82, 2.24) is 9.80 Å². The molecule has 0 aromatic carbocycles. The molecule has 106 valence electrons. The van der Waals surface area contributed by atoms with Crippen LogP contribution in [-0.2, 0) is 4.79 Å². The van der Waals surface area contributed by atoms with E-state index in [0.29, 0.717) is 13.0 Å². The van der Waals surface area contributed by atoms with Crippen LogP contribution < -0.4 is 5.73 Å². The number of alkyl halides is 3. The number of carbonyl (C=O) groups excluding carboxylic acids is 1. The Balaban J connectivity index is 2.53. The van der Waals surface area contributed by atoms with E-state index in [1.165, 1.54) is 0 Å². The van der Waals surface area contributed by atoms with E-state index in [1.54, 1.807) is 0 Å². The highest BCUT2D eigenvalue weighted by atomic mass is 19.4. The van der Waals surface area contributed by atoms with Crippen molar-refractivity contribution in [3.63, 3.8) is 0 Å². The summed E-state index contributed by atoms with van der Waals surface area (Å²) in [6.07, 6.45) is -2.53. The van der Waals surface area contributed by atoms with Gasteiger partial charge in [0.15, 0.2) is 0 Å². The standard InChI is InChI=1S/C11H20F3N3O/c1-16(6-3-5-15)9-4-2-7-17(8-9)10(18)11(12,13)14/h9H,2-8,15H2,1H3. The van der Waals surface area contributed by atoms with Crippen molar-refractivity contribution < 1.29 is 18.0 Å². The van der Waals surface area contributed by atoms with Crippen molar-refractivity contribution in [2.24, 2.45) is 5.73 Å². The van der Waals surface area contributed by atoms with Gasteiger partial charge in [-0.15, -0.1) is 0 Å². The average Bonchev–Trinajstić information content (AvgIpc) is 2.34. The minimum atomic E-state index is -4.77. The second-order valence-corrected chi connectivity index (χ2v) is 4.67. The number of piperidine rings is 1. The Hall–Kier alpha value is -0.820. The Bertz CT molecular complexity index is 283. The predicted molar refractivity (Wildman–Crippen MR) is 62.0 cm³/mol. The highest BCUT2D eigenvalue weighted by Gasteiger charge is 2.43. The Kier molecular flexibility index (Phi) is 5.40. The van der Waals surface area contributed by atoms with Gasteiger partial charge < -0.3 is 15.5 Å². The van der Waals surface area contributed by atoms with Crippen LogP contribution in [0.5, 0.6) is 0 Å². The monoisotopic (exact) mass is 267 g/mol. The van der Waals surface area contributed by atoms with E-state index < -0.39 is 12.1 Å². The summed E-state index contributed by atoms with van der Waals surface area (Å²) in [5, 5.41) is 0. The second kappa shape index (κ2) is 6.38. The summed E-state index contributed by atoms with van der Waals surface area (Å²) >= 11 is 0. The van der Waals surface area contributed by atoms with Crippen LogP contribution in [0.15, 0.2) is 0 Å². The number of hydrogen-bond donors (Lipinski definition) is 1. The number of likely N-dealkylation sites (N-methyl/N-ethyl adjacent to an activating group) is 1. The summed E-state index contributed by atoms with van der Waals surface area (Å²) < 4.78 is 37.0. The minimum absolute atomic E-state index is 0.00315. The highest BCUT2D eigenvalue weighted by molar-refractivity contribution is 5.82. The van der Waals surface area contributed by atoms with E-state index in [0.717, 1.165) is 24.3 Å². The molecule has 4 nitrogen and oxygen atoms in total. The van der Waals surface area contributed by atoms with Gasteiger partial charge >= 0.3 is 12.1 Å². The van der Waals surface area contributed by atoms with Gasteiger partial charge in [-0.3, -0.25) is 4.79 Å². The van der Waals surface area contributed by atoms with Gasteiger partial charge in [-0.1, -0.05) is 0 Å². The largest absolute Gasteiger partial charge is 0.471 e. The van der Waals surface area contributed by atoms with Crippen molar-refractivity contribution in [2.75, 3.05) is 33.2 Å². The molecule has 0 saturated carbocycles. The van der Waals surface area contributed by atoms with Crippen molar-refractivity contribution in [3.8, 4) is 0 Å². The van der Waals surface area contributed by atoms with Gasteiger partial charge in [-0.05, 0) is 39.4 Å². The van der Waals surface area contributed by atoms with Gasteiger partial charge in [0, 0.05) is 19.1 Å². The molecule has 18 heavy (non-hydrogen) atoms. The number of carbonyl (C=O) groups is 1. The molecular weight excluding hydrogens is 247 g/mol. The molecule has 1 rings (SSSR count). The number of rotatable bonds is 4. The molecule has 0 aromatic rings. The van der Waals surface area contributed by atoms with Gasteiger partial charge in [0.25, 0.3) is 0 Å². The lowest BCUT2D eigenvalue weighted by Crippen LogP contribution is -2.52. The van der Waals surface area contributed by atoms with Gasteiger partial charge in [-0.25, -0.2) is 0 Å². The fraction of sp³-hybridized carbons (Fsp3) is 0.909. The van der Waals surface area contributed by atoms with Crippen molar-refractivity contribution in [3.05, 3.63) is 0 Å². The Morgan fingerprint density at radius 2 is 2.17 bits per heavy atom. The quantitative estimate of drug-likeness (QED) is 0.820. The number of nitrogens with zero attached hydrogens (tertiary/aromatic N) is 2. The van der Waals surface area contributed by atoms with Gasteiger partial charge in [-0.2, -0.15) is 13.2 Å². The maximum Gasteiger partial charge on any atom is 0.471 e. The zero-order valence-corrected chi connectivity index (χ0v) is 10.5. The van der Waals surface area contributed by atoms with Crippen LogP contribution in [0, 0.1) is 0 Å².